The molecular formula is C12H12Cl2. The van der Waals surface area contributed by atoms with Gasteiger partial charge < -0.3 is 0 Å². The van der Waals surface area contributed by atoms with Crippen LogP contribution in [-0.4, -0.2) is 4.33 Å². The summed E-state index contributed by atoms with van der Waals surface area (Å²) in [6, 6.07) is 0. The van der Waals surface area contributed by atoms with Crippen LogP contribution in [0.2, 0.25) is 0 Å². The van der Waals surface area contributed by atoms with Crippen LogP contribution in [0, 0.1) is 11.8 Å². The molecule has 0 aromatic carbocycles. The van der Waals surface area contributed by atoms with Gasteiger partial charge in [0.2, 0.25) is 0 Å². The lowest BCUT2D eigenvalue weighted by atomic mass is 10.0. The van der Waals surface area contributed by atoms with Gasteiger partial charge in [-0.05, 0) is 19.3 Å². The van der Waals surface area contributed by atoms with Crippen molar-refractivity contribution in [1.82, 2.24) is 0 Å². The smallest absolute Gasteiger partial charge is 0.101 e. The number of halogens is 2. The Labute approximate surface area is 94.3 Å². The van der Waals surface area contributed by atoms with Crippen molar-refractivity contribution in [1.29, 1.82) is 0 Å². The molecular weight excluding hydrogens is 215 g/mol. The molecule has 2 heteroatoms. The van der Waals surface area contributed by atoms with Crippen molar-refractivity contribution in [2.24, 2.45) is 11.8 Å². The number of hydrogen-bond donors (Lipinski definition) is 0. The molecule has 0 aromatic rings. The summed E-state index contributed by atoms with van der Waals surface area (Å²) in [4.78, 5) is 0. The third kappa shape index (κ3) is 1.28. The minimum atomic E-state index is -0.442. The van der Waals surface area contributed by atoms with Crippen LogP contribution in [0.25, 0.3) is 0 Å². The van der Waals surface area contributed by atoms with Crippen LogP contribution in [-0.2, 0) is 0 Å². The Hall–Kier alpha value is -0.200. The summed E-state index contributed by atoms with van der Waals surface area (Å²) in [6.07, 6.45) is 12.0. The van der Waals surface area contributed by atoms with E-state index in [1.807, 2.05) is 0 Å². The predicted molar refractivity (Wildman–Crippen MR) is 60.6 cm³/mol. The topological polar surface area (TPSA) is 0 Å². The van der Waals surface area contributed by atoms with Gasteiger partial charge in [0.05, 0.1) is 0 Å². The van der Waals surface area contributed by atoms with E-state index in [0.717, 1.165) is 19.3 Å². The minimum Gasteiger partial charge on any atom is -0.101 e. The molecule has 14 heavy (non-hydrogen) atoms. The van der Waals surface area contributed by atoms with E-state index in [9.17, 15) is 0 Å². The van der Waals surface area contributed by atoms with E-state index in [1.165, 1.54) is 11.1 Å². The average molecular weight is 227 g/mol. The first-order chi connectivity index (χ1) is 6.68. The third-order valence-electron chi connectivity index (χ3n) is 3.56. The molecule has 3 rings (SSSR count). The van der Waals surface area contributed by atoms with Crippen molar-refractivity contribution in [3.8, 4) is 0 Å². The summed E-state index contributed by atoms with van der Waals surface area (Å²) in [5.41, 5.74) is 2.97. The second kappa shape index (κ2) is 2.90. The highest BCUT2D eigenvalue weighted by molar-refractivity contribution is 6.51. The fraction of sp³-hybridized carbons (Fsp3) is 0.500. The molecule has 0 heterocycles. The van der Waals surface area contributed by atoms with Gasteiger partial charge in [0, 0.05) is 11.8 Å². The Morgan fingerprint density at radius 2 is 1.50 bits per heavy atom. The molecule has 0 spiro atoms. The normalized spacial score (nSPS) is 37.6. The zero-order valence-corrected chi connectivity index (χ0v) is 9.35. The molecule has 74 valence electrons. The van der Waals surface area contributed by atoms with Gasteiger partial charge in [-0.25, -0.2) is 0 Å². The third-order valence-corrected chi connectivity index (χ3v) is 4.68. The van der Waals surface area contributed by atoms with Crippen LogP contribution in [0.5, 0.6) is 0 Å². The van der Waals surface area contributed by atoms with Gasteiger partial charge in [0.15, 0.2) is 0 Å². The first-order valence-corrected chi connectivity index (χ1v) is 5.85. The van der Waals surface area contributed by atoms with Crippen LogP contribution < -0.4 is 0 Å². The van der Waals surface area contributed by atoms with Gasteiger partial charge in [0.1, 0.15) is 4.33 Å². The van der Waals surface area contributed by atoms with Gasteiger partial charge >= 0.3 is 0 Å². The Bertz CT molecular complexity index is 329. The molecule has 0 aromatic heterocycles. The van der Waals surface area contributed by atoms with Gasteiger partial charge in [-0.1, -0.05) is 35.5 Å². The summed E-state index contributed by atoms with van der Waals surface area (Å²) in [6.45, 7) is 0. The van der Waals surface area contributed by atoms with Crippen molar-refractivity contribution >= 4 is 23.2 Å². The molecule has 0 aliphatic heterocycles. The molecule has 2 unspecified atom stereocenters. The first-order valence-electron chi connectivity index (χ1n) is 5.10. The largest absolute Gasteiger partial charge is 0.125 e. The lowest BCUT2D eigenvalue weighted by Crippen LogP contribution is -1.97. The van der Waals surface area contributed by atoms with Crippen molar-refractivity contribution in [3.63, 3.8) is 0 Å². The SMILES string of the molecule is ClC1(Cl)C2CC3=CC=CC=C(C3)CC21. The molecule has 3 aliphatic rings. The quantitative estimate of drug-likeness (QED) is 0.548. The zero-order valence-electron chi connectivity index (χ0n) is 7.84. The van der Waals surface area contributed by atoms with E-state index in [1.54, 1.807) is 0 Å². The fourth-order valence-corrected chi connectivity index (χ4v) is 3.45. The predicted octanol–water partition coefficient (Wildman–Crippen LogP) is 4.01. The van der Waals surface area contributed by atoms with Gasteiger partial charge in [-0.2, -0.15) is 0 Å². The molecule has 0 amide bonds. The molecule has 0 N–H and O–H groups in total. The number of alkyl halides is 2. The molecule has 2 atom stereocenters. The molecule has 0 nitrogen and oxygen atoms in total. The Morgan fingerprint density at radius 3 is 2.00 bits per heavy atom. The number of fused-ring (bicyclic) bond motifs is 3. The van der Waals surface area contributed by atoms with Gasteiger partial charge in [0.25, 0.3) is 0 Å². The van der Waals surface area contributed by atoms with E-state index >= 15 is 0 Å². The summed E-state index contributed by atoms with van der Waals surface area (Å²) >= 11 is 12.5. The second-order valence-corrected chi connectivity index (χ2v) is 5.95. The highest BCUT2D eigenvalue weighted by atomic mass is 35.5. The van der Waals surface area contributed by atoms with Crippen LogP contribution in [0.3, 0.4) is 0 Å². The second-order valence-electron chi connectivity index (χ2n) is 4.51. The van der Waals surface area contributed by atoms with Crippen molar-refractivity contribution in [3.05, 3.63) is 35.5 Å². The van der Waals surface area contributed by atoms with Crippen molar-refractivity contribution in [2.75, 3.05) is 0 Å². The van der Waals surface area contributed by atoms with Crippen LogP contribution >= 0.6 is 23.2 Å². The molecule has 0 saturated heterocycles. The van der Waals surface area contributed by atoms with Crippen LogP contribution in [0.4, 0.5) is 0 Å². The standard InChI is InChI=1S/C12H12Cl2/c13-12(14)10-6-8-3-1-2-4-9(5-8)7-11(10)12/h1-4,10-11H,5-7H2. The monoisotopic (exact) mass is 226 g/mol. The molecule has 2 fully saturated rings. The maximum Gasteiger partial charge on any atom is 0.125 e. The van der Waals surface area contributed by atoms with Crippen molar-refractivity contribution < 1.29 is 0 Å². The first kappa shape index (κ1) is 9.06. The molecule has 3 aliphatic carbocycles. The minimum absolute atomic E-state index is 0.442. The summed E-state index contributed by atoms with van der Waals surface area (Å²) in [7, 11) is 0. The Balaban J connectivity index is 1.95. The number of hydrogen-bond acceptors (Lipinski definition) is 0. The van der Waals surface area contributed by atoms with Crippen LogP contribution in [0.1, 0.15) is 19.3 Å². The summed E-state index contributed by atoms with van der Waals surface area (Å²) in [5, 5.41) is 0. The lowest BCUT2D eigenvalue weighted by Gasteiger charge is -2.08. The van der Waals surface area contributed by atoms with E-state index in [2.05, 4.69) is 24.3 Å². The van der Waals surface area contributed by atoms with E-state index < -0.39 is 4.33 Å². The molecule has 2 saturated carbocycles. The lowest BCUT2D eigenvalue weighted by molar-refractivity contribution is 0.718. The maximum absolute atomic E-state index is 6.24. The zero-order chi connectivity index (χ0) is 9.76. The summed E-state index contributed by atoms with van der Waals surface area (Å²) in [5.74, 6) is 0.990. The van der Waals surface area contributed by atoms with E-state index in [-0.39, 0.29) is 0 Å². The number of rotatable bonds is 0. The molecule has 2 bridgehead atoms. The highest BCUT2D eigenvalue weighted by Crippen LogP contribution is 2.65. The highest BCUT2D eigenvalue weighted by Gasteiger charge is 2.63. The summed E-state index contributed by atoms with van der Waals surface area (Å²) < 4.78 is -0.442. The fourth-order valence-electron chi connectivity index (χ4n) is 2.66. The van der Waals surface area contributed by atoms with Crippen molar-refractivity contribution in [2.45, 2.75) is 23.6 Å². The number of allylic oxidation sites excluding steroid dienone is 6. The maximum atomic E-state index is 6.24. The Kier molecular flexibility index (Phi) is 1.87. The Morgan fingerprint density at radius 1 is 1.00 bits per heavy atom. The van der Waals surface area contributed by atoms with E-state index in [4.69, 9.17) is 23.2 Å². The van der Waals surface area contributed by atoms with Crippen LogP contribution in [0.15, 0.2) is 35.5 Å². The molecule has 0 radical (unpaired) electrons. The van der Waals surface area contributed by atoms with E-state index in [0.29, 0.717) is 11.8 Å². The average Bonchev–Trinajstić information content (AvgIpc) is 2.78. The van der Waals surface area contributed by atoms with Gasteiger partial charge in [-0.3, -0.25) is 0 Å². The van der Waals surface area contributed by atoms with Gasteiger partial charge in [-0.15, -0.1) is 23.2 Å².